The smallest absolute Gasteiger partial charge is 0.338 e. The molecule has 0 saturated carbocycles. The molecule has 34 heavy (non-hydrogen) atoms. The molecule has 0 radical (unpaired) electrons. The second kappa shape index (κ2) is 11.4. The van der Waals surface area contributed by atoms with Gasteiger partial charge in [0.25, 0.3) is 0 Å². The molecule has 2 rings (SSSR count). The third-order valence-electron chi connectivity index (χ3n) is 4.20. The monoisotopic (exact) mass is 460 g/mol. The Bertz CT molecular complexity index is 1210. The number of hydrogen-bond donors (Lipinski definition) is 0. The van der Waals surface area contributed by atoms with Crippen molar-refractivity contribution in [1.82, 2.24) is 0 Å². The molecule has 0 saturated heterocycles. The lowest BCUT2D eigenvalue weighted by molar-refractivity contribution is -0.132. The van der Waals surface area contributed by atoms with Crippen molar-refractivity contribution in [3.05, 3.63) is 96.1 Å². The van der Waals surface area contributed by atoms with Crippen LogP contribution in [-0.2, 0) is 14.4 Å². The van der Waals surface area contributed by atoms with Gasteiger partial charge in [-0.1, -0.05) is 44.0 Å². The van der Waals surface area contributed by atoms with Crippen molar-refractivity contribution >= 4 is 29.8 Å². The fraction of sp³-hybridized carbons (Fsp3) is 0.111. The van der Waals surface area contributed by atoms with Crippen LogP contribution >= 0.6 is 0 Å². The molecule has 174 valence electrons. The van der Waals surface area contributed by atoms with Crippen LogP contribution in [0.25, 0.3) is 6.08 Å². The van der Waals surface area contributed by atoms with Gasteiger partial charge in [0.05, 0.1) is 5.56 Å². The van der Waals surface area contributed by atoms with Crippen molar-refractivity contribution in [1.29, 1.82) is 0 Å². The summed E-state index contributed by atoms with van der Waals surface area (Å²) in [5, 5.41) is 0. The number of carbonyl (C=O) groups excluding carboxylic acids is 4. The van der Waals surface area contributed by atoms with Crippen LogP contribution in [0.5, 0.6) is 17.2 Å². The van der Waals surface area contributed by atoms with Gasteiger partial charge in [-0.3, -0.25) is 4.79 Å². The molecule has 0 aliphatic carbocycles. The molecular formula is C27H24O7. The van der Waals surface area contributed by atoms with Gasteiger partial charge in [0.2, 0.25) is 0 Å². The number of hydrogen-bond acceptors (Lipinski definition) is 7. The van der Waals surface area contributed by atoms with Gasteiger partial charge < -0.3 is 14.2 Å². The number of esters is 3. The van der Waals surface area contributed by atoms with E-state index in [-0.39, 0.29) is 33.8 Å². The van der Waals surface area contributed by atoms with Crippen molar-refractivity contribution in [2.75, 3.05) is 0 Å². The minimum absolute atomic E-state index is 0.00451. The van der Waals surface area contributed by atoms with E-state index in [1.807, 2.05) is 0 Å². The van der Waals surface area contributed by atoms with E-state index in [9.17, 15) is 19.2 Å². The maximum absolute atomic E-state index is 12.9. The first-order valence-corrected chi connectivity index (χ1v) is 10.1. The summed E-state index contributed by atoms with van der Waals surface area (Å²) in [5.74, 6) is -2.54. The Labute approximate surface area is 197 Å². The highest BCUT2D eigenvalue weighted by Crippen LogP contribution is 2.33. The van der Waals surface area contributed by atoms with Gasteiger partial charge in [-0.25, -0.2) is 14.4 Å². The molecule has 2 aromatic carbocycles. The SMILES string of the molecule is C=C(C)C(=O)Oc1ccc(/C=C/C(=O)c2cccc(OC(=O)C(=C)C)c2OC(=O)C(=C)C)cc1. The summed E-state index contributed by atoms with van der Waals surface area (Å²) >= 11 is 0. The highest BCUT2D eigenvalue weighted by molar-refractivity contribution is 6.10. The van der Waals surface area contributed by atoms with Crippen LogP contribution in [0.4, 0.5) is 0 Å². The number of rotatable bonds is 9. The fourth-order valence-corrected chi connectivity index (χ4v) is 2.37. The summed E-state index contributed by atoms with van der Waals surface area (Å²) in [6, 6.07) is 10.8. The Morgan fingerprint density at radius 2 is 1.24 bits per heavy atom. The molecule has 0 unspecified atom stereocenters. The average Bonchev–Trinajstić information content (AvgIpc) is 2.79. The lowest BCUT2D eigenvalue weighted by Gasteiger charge is -2.13. The molecule has 0 spiro atoms. The molecule has 7 nitrogen and oxygen atoms in total. The van der Waals surface area contributed by atoms with Crippen LogP contribution in [0.3, 0.4) is 0 Å². The van der Waals surface area contributed by atoms with Crippen LogP contribution in [0.15, 0.2) is 85.0 Å². The molecule has 0 atom stereocenters. The van der Waals surface area contributed by atoms with Gasteiger partial charge in [-0.15, -0.1) is 0 Å². The van der Waals surface area contributed by atoms with E-state index in [1.165, 1.54) is 44.2 Å². The van der Waals surface area contributed by atoms with E-state index in [1.54, 1.807) is 31.2 Å². The maximum atomic E-state index is 12.9. The Hall–Kier alpha value is -4.52. The van der Waals surface area contributed by atoms with Crippen molar-refractivity contribution in [2.45, 2.75) is 20.8 Å². The Balaban J connectivity index is 2.32. The Morgan fingerprint density at radius 1 is 0.706 bits per heavy atom. The molecule has 0 amide bonds. The number of carbonyl (C=O) groups is 4. The van der Waals surface area contributed by atoms with Crippen LogP contribution in [0.2, 0.25) is 0 Å². The van der Waals surface area contributed by atoms with Gasteiger partial charge in [0, 0.05) is 16.7 Å². The van der Waals surface area contributed by atoms with Crippen molar-refractivity contribution in [3.8, 4) is 17.2 Å². The van der Waals surface area contributed by atoms with Crippen molar-refractivity contribution in [2.24, 2.45) is 0 Å². The van der Waals surface area contributed by atoms with E-state index in [2.05, 4.69) is 19.7 Å². The molecule has 0 aromatic heterocycles. The summed E-state index contributed by atoms with van der Waals surface area (Å²) in [4.78, 5) is 48.6. The number of allylic oxidation sites excluding steroid dienone is 1. The molecule has 0 fully saturated rings. The van der Waals surface area contributed by atoms with Gasteiger partial charge in [0.1, 0.15) is 5.75 Å². The zero-order chi connectivity index (χ0) is 25.4. The molecule has 0 N–H and O–H groups in total. The van der Waals surface area contributed by atoms with Crippen molar-refractivity contribution < 1.29 is 33.4 Å². The summed E-state index contributed by atoms with van der Waals surface area (Å²) in [7, 11) is 0. The number of ketones is 1. The molecule has 0 bridgehead atoms. The minimum Gasteiger partial charge on any atom is -0.423 e. The predicted octanol–water partition coefficient (Wildman–Crippen LogP) is 5.03. The summed E-state index contributed by atoms with van der Waals surface area (Å²) < 4.78 is 15.7. The van der Waals surface area contributed by atoms with Gasteiger partial charge in [-0.05, 0) is 56.7 Å². The Morgan fingerprint density at radius 3 is 1.79 bits per heavy atom. The molecule has 0 heterocycles. The van der Waals surface area contributed by atoms with Crippen LogP contribution in [-0.4, -0.2) is 23.7 Å². The normalized spacial score (nSPS) is 10.3. The molecule has 0 aliphatic rings. The van der Waals surface area contributed by atoms with Gasteiger partial charge in [-0.2, -0.15) is 0 Å². The molecule has 7 heteroatoms. The summed E-state index contributed by atoms with van der Waals surface area (Å²) in [6.45, 7) is 15.0. The van der Waals surface area contributed by atoms with Gasteiger partial charge in [0.15, 0.2) is 17.3 Å². The first-order chi connectivity index (χ1) is 16.0. The lowest BCUT2D eigenvalue weighted by atomic mass is 10.1. The lowest BCUT2D eigenvalue weighted by Crippen LogP contribution is -2.15. The molecule has 2 aromatic rings. The second-order valence-electron chi connectivity index (χ2n) is 7.41. The molecular weight excluding hydrogens is 436 g/mol. The zero-order valence-corrected chi connectivity index (χ0v) is 19.2. The largest absolute Gasteiger partial charge is 0.423 e. The average molecular weight is 460 g/mol. The topological polar surface area (TPSA) is 96.0 Å². The Kier molecular flexibility index (Phi) is 8.61. The van der Waals surface area contributed by atoms with Gasteiger partial charge >= 0.3 is 17.9 Å². The highest BCUT2D eigenvalue weighted by Gasteiger charge is 2.21. The van der Waals surface area contributed by atoms with Crippen LogP contribution in [0.1, 0.15) is 36.7 Å². The first-order valence-electron chi connectivity index (χ1n) is 10.1. The van der Waals surface area contributed by atoms with Crippen molar-refractivity contribution in [3.63, 3.8) is 0 Å². The first kappa shape index (κ1) is 25.7. The standard InChI is InChI=1S/C27H24O7/c1-16(2)25(29)32-20-13-10-19(11-14-20)12-15-22(28)21-8-7-9-23(33-26(30)17(3)4)24(21)34-27(31)18(5)6/h7-15H,1,3,5H2,2,4,6H3/b15-12+. The van der Waals surface area contributed by atoms with Crippen LogP contribution < -0.4 is 14.2 Å². The van der Waals surface area contributed by atoms with E-state index < -0.39 is 23.7 Å². The van der Waals surface area contributed by atoms with Crippen LogP contribution in [0, 0.1) is 0 Å². The fourth-order valence-electron chi connectivity index (χ4n) is 2.37. The summed E-state index contributed by atoms with van der Waals surface area (Å²) in [6.07, 6.45) is 2.80. The second-order valence-corrected chi connectivity index (χ2v) is 7.41. The quantitative estimate of drug-likeness (QED) is 0.224. The maximum Gasteiger partial charge on any atom is 0.338 e. The number of benzene rings is 2. The zero-order valence-electron chi connectivity index (χ0n) is 19.2. The highest BCUT2D eigenvalue weighted by atomic mass is 16.6. The number of para-hydroxylation sites is 1. The van der Waals surface area contributed by atoms with E-state index in [4.69, 9.17) is 14.2 Å². The van der Waals surface area contributed by atoms with E-state index >= 15 is 0 Å². The number of ether oxygens (including phenoxy) is 3. The third kappa shape index (κ3) is 7.00. The third-order valence-corrected chi connectivity index (χ3v) is 4.20. The predicted molar refractivity (Wildman–Crippen MR) is 128 cm³/mol. The van der Waals surface area contributed by atoms with E-state index in [0.29, 0.717) is 11.3 Å². The van der Waals surface area contributed by atoms with E-state index in [0.717, 1.165) is 0 Å². The molecule has 0 aliphatic heterocycles. The summed E-state index contributed by atoms with van der Waals surface area (Å²) in [5.41, 5.74) is 1.15. The minimum atomic E-state index is -0.781.